The van der Waals surface area contributed by atoms with E-state index in [9.17, 15) is 9.59 Å². The second-order valence-corrected chi connectivity index (χ2v) is 5.22. The summed E-state index contributed by atoms with van der Waals surface area (Å²) in [5.74, 6) is -0.217. The van der Waals surface area contributed by atoms with Crippen LogP contribution in [-0.4, -0.2) is 42.0 Å². The lowest BCUT2D eigenvalue weighted by molar-refractivity contribution is -0.124. The maximum atomic E-state index is 11.8. The Morgan fingerprint density at radius 3 is 2.06 bits per heavy atom. The van der Waals surface area contributed by atoms with Gasteiger partial charge in [0.15, 0.2) is 0 Å². The zero-order valence-electron chi connectivity index (χ0n) is 11.7. The van der Waals surface area contributed by atoms with Gasteiger partial charge in [-0.05, 0) is 32.9 Å². The van der Waals surface area contributed by atoms with Crippen molar-refractivity contribution in [2.24, 2.45) is 0 Å². The molecule has 1 aliphatic rings. The van der Waals surface area contributed by atoms with E-state index in [4.69, 9.17) is 0 Å². The Labute approximate surface area is 109 Å². The molecular weight excluding hydrogens is 230 g/mol. The van der Waals surface area contributed by atoms with E-state index in [0.717, 1.165) is 38.8 Å². The summed E-state index contributed by atoms with van der Waals surface area (Å²) >= 11 is 0. The Balaban J connectivity index is 2.57. The first-order valence-electron chi connectivity index (χ1n) is 6.87. The predicted molar refractivity (Wildman–Crippen MR) is 71.3 cm³/mol. The maximum Gasteiger partial charge on any atom is 0.322 e. The second-order valence-electron chi connectivity index (χ2n) is 5.22. The fourth-order valence-electron chi connectivity index (χ4n) is 2.17. The summed E-state index contributed by atoms with van der Waals surface area (Å²) < 4.78 is 0. The molecule has 0 spiro atoms. The van der Waals surface area contributed by atoms with Gasteiger partial charge in [-0.3, -0.25) is 10.1 Å². The van der Waals surface area contributed by atoms with Crippen molar-refractivity contribution in [2.45, 2.75) is 52.0 Å². The quantitative estimate of drug-likeness (QED) is 0.646. The largest absolute Gasteiger partial charge is 0.322 e. The number of imide groups is 1. The number of amides is 3. The number of unbranched alkanes of at least 4 members (excludes halogenated alkanes) is 2. The molecule has 3 amide bonds. The van der Waals surface area contributed by atoms with Crippen LogP contribution in [0.2, 0.25) is 0 Å². The van der Waals surface area contributed by atoms with Gasteiger partial charge in [0.2, 0.25) is 0 Å². The average molecular weight is 255 g/mol. The summed E-state index contributed by atoms with van der Waals surface area (Å²) in [5, 5.41) is 5.03. The minimum Gasteiger partial charge on any atom is -0.322 e. The molecule has 0 radical (unpaired) electrons. The number of rotatable bonds is 8. The molecule has 1 heterocycles. The third kappa shape index (κ3) is 3.98. The molecule has 0 aromatic heterocycles. The fraction of sp³-hybridized carbons (Fsp3) is 0.846. The van der Waals surface area contributed by atoms with Gasteiger partial charge in [0.1, 0.15) is 5.54 Å². The predicted octanol–water partition coefficient (Wildman–Crippen LogP) is 1.49. The Morgan fingerprint density at radius 2 is 1.67 bits per heavy atom. The molecule has 0 aliphatic carbocycles. The van der Waals surface area contributed by atoms with Gasteiger partial charge in [-0.1, -0.05) is 26.7 Å². The molecule has 104 valence electrons. The van der Waals surface area contributed by atoms with E-state index >= 15 is 0 Å². The molecule has 1 saturated heterocycles. The fourth-order valence-corrected chi connectivity index (χ4v) is 2.17. The van der Waals surface area contributed by atoms with Crippen LogP contribution in [0.4, 0.5) is 4.79 Å². The second kappa shape index (κ2) is 6.73. The van der Waals surface area contributed by atoms with Gasteiger partial charge >= 0.3 is 6.03 Å². The van der Waals surface area contributed by atoms with Crippen molar-refractivity contribution in [3.63, 3.8) is 0 Å². The van der Waals surface area contributed by atoms with E-state index in [0.29, 0.717) is 6.54 Å². The lowest BCUT2D eigenvalue weighted by atomic mass is 10.0. The van der Waals surface area contributed by atoms with Crippen LogP contribution in [0.15, 0.2) is 0 Å². The average Bonchev–Trinajstić information content (AvgIpc) is 2.56. The maximum absolute atomic E-state index is 11.8. The van der Waals surface area contributed by atoms with Crippen LogP contribution in [0.3, 0.4) is 0 Å². The molecule has 1 rings (SSSR count). The summed E-state index contributed by atoms with van der Waals surface area (Å²) in [4.78, 5) is 25.3. The molecule has 5 heteroatoms. The van der Waals surface area contributed by atoms with E-state index in [1.54, 1.807) is 6.92 Å². The van der Waals surface area contributed by atoms with E-state index in [1.807, 2.05) is 0 Å². The Bertz CT molecular complexity index is 299. The Hall–Kier alpha value is -1.10. The SMILES string of the molecule is CCCCN(CCCC)CC1(C)NC(=O)NC1=O. The van der Waals surface area contributed by atoms with Crippen molar-refractivity contribution >= 4 is 11.9 Å². The van der Waals surface area contributed by atoms with Crippen molar-refractivity contribution < 1.29 is 9.59 Å². The van der Waals surface area contributed by atoms with Crippen LogP contribution in [0.1, 0.15) is 46.5 Å². The van der Waals surface area contributed by atoms with Crippen LogP contribution >= 0.6 is 0 Å². The molecular formula is C13H25N3O2. The van der Waals surface area contributed by atoms with Crippen LogP contribution in [0.5, 0.6) is 0 Å². The first-order chi connectivity index (χ1) is 8.51. The first kappa shape index (κ1) is 15.0. The van der Waals surface area contributed by atoms with Crippen molar-refractivity contribution in [1.82, 2.24) is 15.5 Å². The highest BCUT2D eigenvalue weighted by atomic mass is 16.2. The molecule has 1 atom stereocenters. The Morgan fingerprint density at radius 1 is 1.11 bits per heavy atom. The number of carbonyl (C=O) groups excluding carboxylic acids is 2. The van der Waals surface area contributed by atoms with Crippen molar-refractivity contribution in [1.29, 1.82) is 0 Å². The molecule has 0 aromatic carbocycles. The van der Waals surface area contributed by atoms with Gasteiger partial charge in [-0.15, -0.1) is 0 Å². The summed E-state index contributed by atoms with van der Waals surface area (Å²) in [6, 6.07) is -0.381. The van der Waals surface area contributed by atoms with Crippen molar-refractivity contribution in [3.8, 4) is 0 Å². The van der Waals surface area contributed by atoms with E-state index in [-0.39, 0.29) is 11.9 Å². The molecule has 0 saturated carbocycles. The van der Waals surface area contributed by atoms with Crippen molar-refractivity contribution in [3.05, 3.63) is 0 Å². The standard InChI is InChI=1S/C13H25N3O2/c1-4-6-8-16(9-7-5-2)10-13(3)11(17)14-12(18)15-13/h4-10H2,1-3H3,(H2,14,15,17,18). The first-order valence-corrected chi connectivity index (χ1v) is 6.87. The molecule has 1 fully saturated rings. The highest BCUT2D eigenvalue weighted by Crippen LogP contribution is 2.13. The molecule has 1 unspecified atom stereocenters. The number of nitrogens with one attached hydrogen (secondary N) is 2. The van der Waals surface area contributed by atoms with Gasteiger partial charge in [-0.2, -0.15) is 0 Å². The third-order valence-electron chi connectivity index (χ3n) is 3.31. The van der Waals surface area contributed by atoms with E-state index < -0.39 is 5.54 Å². The van der Waals surface area contributed by atoms with Crippen LogP contribution in [0.25, 0.3) is 0 Å². The summed E-state index contributed by atoms with van der Waals surface area (Å²) in [6.07, 6.45) is 4.51. The summed E-state index contributed by atoms with van der Waals surface area (Å²) in [6.45, 7) is 8.65. The van der Waals surface area contributed by atoms with E-state index in [1.165, 1.54) is 0 Å². The molecule has 2 N–H and O–H groups in total. The lowest BCUT2D eigenvalue weighted by Gasteiger charge is -2.30. The molecule has 18 heavy (non-hydrogen) atoms. The minimum atomic E-state index is -0.779. The number of carbonyl (C=O) groups is 2. The topological polar surface area (TPSA) is 61.4 Å². The zero-order valence-corrected chi connectivity index (χ0v) is 11.7. The van der Waals surface area contributed by atoms with Gasteiger partial charge in [0, 0.05) is 6.54 Å². The lowest BCUT2D eigenvalue weighted by Crippen LogP contribution is -2.53. The summed E-state index contributed by atoms with van der Waals surface area (Å²) in [5.41, 5.74) is -0.779. The van der Waals surface area contributed by atoms with E-state index in [2.05, 4.69) is 29.4 Å². The Kier molecular flexibility index (Phi) is 5.59. The number of hydrogen-bond acceptors (Lipinski definition) is 3. The monoisotopic (exact) mass is 255 g/mol. The molecule has 1 aliphatic heterocycles. The van der Waals surface area contributed by atoms with Gasteiger partial charge in [0.05, 0.1) is 0 Å². The molecule has 0 aromatic rings. The third-order valence-corrected chi connectivity index (χ3v) is 3.31. The highest BCUT2D eigenvalue weighted by molar-refractivity contribution is 6.06. The van der Waals surface area contributed by atoms with Gasteiger partial charge < -0.3 is 10.2 Å². The minimum absolute atomic E-state index is 0.217. The highest BCUT2D eigenvalue weighted by Gasteiger charge is 2.42. The van der Waals surface area contributed by atoms with Crippen LogP contribution in [-0.2, 0) is 4.79 Å². The summed E-state index contributed by atoms with van der Waals surface area (Å²) in [7, 11) is 0. The molecule has 0 bridgehead atoms. The van der Waals surface area contributed by atoms with Gasteiger partial charge in [-0.25, -0.2) is 4.79 Å². The van der Waals surface area contributed by atoms with Crippen LogP contribution in [0, 0.1) is 0 Å². The smallest absolute Gasteiger partial charge is 0.322 e. The van der Waals surface area contributed by atoms with Crippen molar-refractivity contribution in [2.75, 3.05) is 19.6 Å². The number of hydrogen-bond donors (Lipinski definition) is 2. The van der Waals surface area contributed by atoms with Crippen LogP contribution < -0.4 is 10.6 Å². The zero-order chi connectivity index (χ0) is 13.6. The number of nitrogens with zero attached hydrogens (tertiary/aromatic N) is 1. The molecule has 5 nitrogen and oxygen atoms in total. The van der Waals surface area contributed by atoms with Gasteiger partial charge in [0.25, 0.3) is 5.91 Å². The number of urea groups is 1. The normalized spacial score (nSPS) is 23.3.